The normalized spacial score (nSPS) is 13.6. The lowest BCUT2D eigenvalue weighted by Gasteiger charge is -2.32. The second-order valence-corrected chi connectivity index (χ2v) is 5.84. The zero-order valence-corrected chi connectivity index (χ0v) is 13.2. The molecule has 0 saturated heterocycles. The Labute approximate surface area is 118 Å². The number of hydrogen-bond acceptors (Lipinski definition) is 3. The van der Waals surface area contributed by atoms with Crippen LogP contribution in [0.5, 0.6) is 5.75 Å². The Morgan fingerprint density at radius 3 is 2.26 bits per heavy atom. The van der Waals surface area contributed by atoms with Crippen molar-refractivity contribution in [3.8, 4) is 5.75 Å². The number of likely N-dealkylation sites (N-methyl/N-ethyl adjacent to an activating group) is 1. The monoisotopic (exact) mass is 264 g/mol. The predicted molar refractivity (Wildman–Crippen MR) is 81.8 cm³/mol. The molecule has 0 aliphatic heterocycles. The molecule has 1 unspecified atom stereocenters. The van der Waals surface area contributed by atoms with E-state index in [1.165, 1.54) is 5.56 Å². The van der Waals surface area contributed by atoms with Crippen LogP contribution in [0.1, 0.15) is 39.3 Å². The Hall–Kier alpha value is -1.06. The summed E-state index contributed by atoms with van der Waals surface area (Å²) in [7, 11) is 4.15. The zero-order valence-electron chi connectivity index (χ0n) is 13.2. The number of hydrogen-bond donors (Lipinski definition) is 1. The van der Waals surface area contributed by atoms with Gasteiger partial charge in [0.1, 0.15) is 12.4 Å². The molecule has 0 spiro atoms. The van der Waals surface area contributed by atoms with Crippen LogP contribution in [0.2, 0.25) is 0 Å². The van der Waals surface area contributed by atoms with Crippen molar-refractivity contribution in [2.24, 2.45) is 0 Å². The van der Waals surface area contributed by atoms with Gasteiger partial charge in [-0.3, -0.25) is 0 Å². The summed E-state index contributed by atoms with van der Waals surface area (Å²) in [6.07, 6.45) is 0. The van der Waals surface area contributed by atoms with E-state index in [1.807, 2.05) is 0 Å². The number of nitrogens with one attached hydrogen (secondary N) is 1. The average Bonchev–Trinajstić information content (AvgIpc) is 2.37. The standard InChI is InChI=1S/C16H28N2O/c1-7-17-13(2)14-8-10-15(11-9-14)19-12-16(3,4)18(5)6/h8-11,13,17H,7,12H2,1-6H3. The highest BCUT2D eigenvalue weighted by molar-refractivity contribution is 5.29. The Bertz CT molecular complexity index is 371. The highest BCUT2D eigenvalue weighted by atomic mass is 16.5. The molecular formula is C16H28N2O. The Balaban J connectivity index is 2.58. The first-order chi connectivity index (χ1) is 8.86. The summed E-state index contributed by atoms with van der Waals surface area (Å²) in [5.41, 5.74) is 1.33. The van der Waals surface area contributed by atoms with Crippen LogP contribution < -0.4 is 10.1 Å². The van der Waals surface area contributed by atoms with Gasteiger partial charge in [-0.15, -0.1) is 0 Å². The summed E-state index contributed by atoms with van der Waals surface area (Å²) in [6.45, 7) is 10.3. The van der Waals surface area contributed by atoms with Gasteiger partial charge in [0.15, 0.2) is 0 Å². The molecule has 19 heavy (non-hydrogen) atoms. The maximum atomic E-state index is 5.86. The van der Waals surface area contributed by atoms with Crippen LogP contribution in [-0.2, 0) is 0 Å². The minimum absolute atomic E-state index is 0.0374. The molecule has 3 nitrogen and oxygen atoms in total. The average molecular weight is 264 g/mol. The minimum Gasteiger partial charge on any atom is -0.492 e. The zero-order chi connectivity index (χ0) is 14.5. The lowest BCUT2D eigenvalue weighted by atomic mass is 10.1. The first-order valence-electron chi connectivity index (χ1n) is 7.00. The van der Waals surface area contributed by atoms with Crippen LogP contribution in [0.25, 0.3) is 0 Å². The van der Waals surface area contributed by atoms with Gasteiger partial charge in [0.25, 0.3) is 0 Å². The molecule has 0 aliphatic carbocycles. The second-order valence-electron chi connectivity index (χ2n) is 5.84. The lowest BCUT2D eigenvalue weighted by molar-refractivity contribution is 0.114. The van der Waals surface area contributed by atoms with Gasteiger partial charge in [0.05, 0.1) is 0 Å². The Morgan fingerprint density at radius 1 is 1.21 bits per heavy atom. The number of rotatable bonds is 7. The van der Waals surface area contributed by atoms with Crippen molar-refractivity contribution in [2.75, 3.05) is 27.2 Å². The van der Waals surface area contributed by atoms with Crippen molar-refractivity contribution in [3.63, 3.8) is 0 Å². The molecule has 0 aromatic heterocycles. The van der Waals surface area contributed by atoms with Crippen molar-refractivity contribution in [2.45, 2.75) is 39.3 Å². The molecule has 0 bridgehead atoms. The van der Waals surface area contributed by atoms with Crippen molar-refractivity contribution >= 4 is 0 Å². The third kappa shape index (κ3) is 4.84. The summed E-state index contributed by atoms with van der Waals surface area (Å²) in [4.78, 5) is 2.18. The fraction of sp³-hybridized carbons (Fsp3) is 0.625. The van der Waals surface area contributed by atoms with E-state index in [9.17, 15) is 0 Å². The van der Waals surface area contributed by atoms with E-state index in [1.54, 1.807) is 0 Å². The molecule has 1 N–H and O–H groups in total. The molecule has 0 heterocycles. The van der Waals surface area contributed by atoms with Crippen molar-refractivity contribution in [1.29, 1.82) is 0 Å². The number of benzene rings is 1. The van der Waals surface area contributed by atoms with Gasteiger partial charge in [-0.05, 0) is 59.1 Å². The second kappa shape index (κ2) is 6.92. The van der Waals surface area contributed by atoms with Crippen molar-refractivity contribution in [3.05, 3.63) is 29.8 Å². The molecule has 108 valence electrons. The quantitative estimate of drug-likeness (QED) is 0.819. The van der Waals surface area contributed by atoms with Crippen LogP contribution in [0.15, 0.2) is 24.3 Å². The van der Waals surface area contributed by atoms with Crippen molar-refractivity contribution < 1.29 is 4.74 Å². The van der Waals surface area contributed by atoms with Crippen LogP contribution in [-0.4, -0.2) is 37.7 Å². The van der Waals surface area contributed by atoms with Gasteiger partial charge in [0, 0.05) is 11.6 Å². The molecule has 1 rings (SSSR count). The molecule has 1 atom stereocenters. The maximum absolute atomic E-state index is 5.86. The summed E-state index contributed by atoms with van der Waals surface area (Å²) < 4.78 is 5.86. The first kappa shape index (κ1) is 16.0. The van der Waals surface area contributed by atoms with Crippen molar-refractivity contribution in [1.82, 2.24) is 10.2 Å². The summed E-state index contributed by atoms with van der Waals surface area (Å²) >= 11 is 0. The highest BCUT2D eigenvalue weighted by Crippen LogP contribution is 2.19. The molecule has 0 radical (unpaired) electrons. The molecular weight excluding hydrogens is 236 g/mol. The lowest BCUT2D eigenvalue weighted by Crippen LogP contribution is -2.43. The minimum atomic E-state index is 0.0374. The van der Waals surface area contributed by atoms with E-state index >= 15 is 0 Å². The maximum Gasteiger partial charge on any atom is 0.119 e. The van der Waals surface area contributed by atoms with E-state index in [0.717, 1.165) is 12.3 Å². The van der Waals surface area contributed by atoms with Gasteiger partial charge < -0.3 is 15.0 Å². The summed E-state index contributed by atoms with van der Waals surface area (Å²) in [5, 5.41) is 3.40. The third-order valence-electron chi connectivity index (χ3n) is 3.69. The molecule has 0 amide bonds. The van der Waals surface area contributed by atoms with Gasteiger partial charge in [0.2, 0.25) is 0 Å². The molecule has 0 saturated carbocycles. The van der Waals surface area contributed by atoms with Gasteiger partial charge >= 0.3 is 0 Å². The van der Waals surface area contributed by atoms with E-state index in [2.05, 4.69) is 76.3 Å². The molecule has 0 aliphatic rings. The van der Waals surface area contributed by atoms with Gasteiger partial charge in [-0.2, -0.15) is 0 Å². The number of ether oxygens (including phenoxy) is 1. The van der Waals surface area contributed by atoms with Crippen LogP contribution in [0.4, 0.5) is 0 Å². The van der Waals surface area contributed by atoms with E-state index < -0.39 is 0 Å². The van der Waals surface area contributed by atoms with E-state index in [4.69, 9.17) is 4.74 Å². The fourth-order valence-electron chi connectivity index (χ4n) is 1.67. The topological polar surface area (TPSA) is 24.5 Å². The number of nitrogens with zero attached hydrogens (tertiary/aromatic N) is 1. The first-order valence-corrected chi connectivity index (χ1v) is 7.00. The van der Waals surface area contributed by atoms with E-state index in [0.29, 0.717) is 12.6 Å². The molecule has 3 heteroatoms. The van der Waals surface area contributed by atoms with Crippen LogP contribution >= 0.6 is 0 Å². The summed E-state index contributed by atoms with van der Waals surface area (Å²) in [6, 6.07) is 8.75. The van der Waals surface area contributed by atoms with Gasteiger partial charge in [-0.1, -0.05) is 19.1 Å². The Morgan fingerprint density at radius 2 is 1.79 bits per heavy atom. The smallest absolute Gasteiger partial charge is 0.119 e. The molecule has 0 fully saturated rings. The Kier molecular flexibility index (Phi) is 5.83. The van der Waals surface area contributed by atoms with Crippen LogP contribution in [0.3, 0.4) is 0 Å². The highest BCUT2D eigenvalue weighted by Gasteiger charge is 2.21. The molecule has 1 aromatic rings. The van der Waals surface area contributed by atoms with Crippen LogP contribution in [0, 0.1) is 0 Å². The summed E-state index contributed by atoms with van der Waals surface area (Å²) in [5.74, 6) is 0.933. The fourth-order valence-corrected chi connectivity index (χ4v) is 1.67. The third-order valence-corrected chi connectivity index (χ3v) is 3.69. The van der Waals surface area contributed by atoms with Gasteiger partial charge in [-0.25, -0.2) is 0 Å². The van der Waals surface area contributed by atoms with E-state index in [-0.39, 0.29) is 5.54 Å². The SMILES string of the molecule is CCNC(C)c1ccc(OCC(C)(C)N(C)C)cc1. The molecule has 1 aromatic carbocycles. The predicted octanol–water partition coefficient (Wildman–Crippen LogP) is 3.08. The largest absolute Gasteiger partial charge is 0.492 e.